The zero-order valence-electron chi connectivity index (χ0n) is 15.8. The molecule has 138 valence electrons. The summed E-state index contributed by atoms with van der Waals surface area (Å²) in [4.78, 5) is 24.1. The molecule has 0 saturated carbocycles. The largest absolute Gasteiger partial charge is 0.368 e. The van der Waals surface area contributed by atoms with E-state index >= 15 is 0 Å². The minimum Gasteiger partial charge on any atom is -0.368 e. The van der Waals surface area contributed by atoms with E-state index in [1.165, 1.54) is 5.56 Å². The Bertz CT molecular complexity index is 731. The Kier molecular flexibility index (Phi) is 6.56. The second kappa shape index (κ2) is 8.65. The molecule has 1 atom stereocenters. The van der Waals surface area contributed by atoms with E-state index in [1.807, 2.05) is 30.3 Å². The fraction of sp³-hybridized carbons (Fsp3) is 0.364. The van der Waals surface area contributed by atoms with Crippen LogP contribution in [-0.2, 0) is 16.6 Å². The summed E-state index contributed by atoms with van der Waals surface area (Å²) < 4.78 is 0. The average molecular weight is 352 g/mol. The van der Waals surface area contributed by atoms with Gasteiger partial charge in [-0.15, -0.1) is 0 Å². The highest BCUT2D eigenvalue weighted by Crippen LogP contribution is 2.22. The Hall–Kier alpha value is -2.62. The summed E-state index contributed by atoms with van der Waals surface area (Å²) in [6, 6.07) is 16.9. The third kappa shape index (κ3) is 5.73. The molecule has 0 spiro atoms. The number of rotatable bonds is 7. The number of carbonyl (C=O) groups excluding carboxylic acids is 2. The predicted molar refractivity (Wildman–Crippen MR) is 105 cm³/mol. The highest BCUT2D eigenvalue weighted by atomic mass is 16.2. The lowest BCUT2D eigenvalue weighted by molar-refractivity contribution is -0.120. The van der Waals surface area contributed by atoms with Crippen LogP contribution in [0.2, 0.25) is 0 Å². The van der Waals surface area contributed by atoms with Crippen molar-refractivity contribution < 1.29 is 9.59 Å². The summed E-state index contributed by atoms with van der Waals surface area (Å²) >= 11 is 0. The molecule has 4 nitrogen and oxygen atoms in total. The van der Waals surface area contributed by atoms with Gasteiger partial charge in [-0.3, -0.25) is 9.59 Å². The van der Waals surface area contributed by atoms with Crippen molar-refractivity contribution in [2.45, 2.75) is 51.5 Å². The van der Waals surface area contributed by atoms with Crippen LogP contribution in [-0.4, -0.2) is 17.9 Å². The van der Waals surface area contributed by atoms with Gasteiger partial charge in [-0.25, -0.2) is 0 Å². The van der Waals surface area contributed by atoms with Crippen molar-refractivity contribution in [1.29, 1.82) is 0 Å². The van der Waals surface area contributed by atoms with Gasteiger partial charge in [-0.05, 0) is 47.9 Å². The molecule has 2 rings (SSSR count). The minimum atomic E-state index is -0.659. The Labute approximate surface area is 155 Å². The van der Waals surface area contributed by atoms with Crippen LogP contribution in [0.1, 0.15) is 55.1 Å². The molecule has 26 heavy (non-hydrogen) atoms. The maximum Gasteiger partial charge on any atom is 0.251 e. The molecule has 0 heterocycles. The van der Waals surface area contributed by atoms with E-state index in [2.05, 4.69) is 38.2 Å². The summed E-state index contributed by atoms with van der Waals surface area (Å²) in [5.41, 5.74) is 8.40. The molecule has 0 aliphatic carbocycles. The van der Waals surface area contributed by atoms with Crippen LogP contribution in [0.25, 0.3) is 0 Å². The number of nitrogens with one attached hydrogen (secondary N) is 1. The van der Waals surface area contributed by atoms with Crippen molar-refractivity contribution in [2.75, 3.05) is 0 Å². The standard InChI is InChI=1S/C22H28N2O2/c1-22(2,3)18-14-12-17(13-15-18)21(26)24-19(20(23)25)11-7-10-16-8-5-4-6-9-16/h4-6,8-9,12-15,19H,7,10-11H2,1-3H3,(H2,23,25)(H,24,26)/t19-/m1/s1. The first-order valence-corrected chi connectivity index (χ1v) is 9.02. The Balaban J connectivity index is 1.94. The molecule has 0 aliphatic rings. The summed E-state index contributed by atoms with van der Waals surface area (Å²) in [6.07, 6.45) is 2.15. The predicted octanol–water partition coefficient (Wildman–Crippen LogP) is 3.59. The van der Waals surface area contributed by atoms with Crippen LogP contribution >= 0.6 is 0 Å². The highest BCUT2D eigenvalue weighted by Gasteiger charge is 2.19. The number of amides is 2. The van der Waals surface area contributed by atoms with E-state index in [1.54, 1.807) is 12.1 Å². The number of hydrogen-bond acceptors (Lipinski definition) is 2. The summed E-state index contributed by atoms with van der Waals surface area (Å²) in [7, 11) is 0. The van der Waals surface area contributed by atoms with Gasteiger partial charge in [0.15, 0.2) is 0 Å². The zero-order valence-corrected chi connectivity index (χ0v) is 15.8. The van der Waals surface area contributed by atoms with Gasteiger partial charge >= 0.3 is 0 Å². The van der Waals surface area contributed by atoms with Crippen LogP contribution in [0.15, 0.2) is 54.6 Å². The molecule has 0 aliphatic heterocycles. The van der Waals surface area contributed by atoms with Crippen LogP contribution in [0.3, 0.4) is 0 Å². The molecule has 2 amide bonds. The smallest absolute Gasteiger partial charge is 0.251 e. The second-order valence-corrected chi connectivity index (χ2v) is 7.63. The van der Waals surface area contributed by atoms with Crippen molar-refractivity contribution in [3.8, 4) is 0 Å². The van der Waals surface area contributed by atoms with Gasteiger partial charge in [0.2, 0.25) is 5.91 Å². The van der Waals surface area contributed by atoms with Gasteiger partial charge in [-0.2, -0.15) is 0 Å². The van der Waals surface area contributed by atoms with Gasteiger partial charge in [0.1, 0.15) is 6.04 Å². The number of carbonyl (C=O) groups is 2. The number of nitrogens with two attached hydrogens (primary N) is 1. The van der Waals surface area contributed by atoms with Crippen molar-refractivity contribution >= 4 is 11.8 Å². The fourth-order valence-corrected chi connectivity index (χ4v) is 2.80. The lowest BCUT2D eigenvalue weighted by Crippen LogP contribution is -2.44. The molecule has 0 aromatic heterocycles. The maximum absolute atomic E-state index is 12.4. The van der Waals surface area contributed by atoms with Crippen molar-refractivity contribution in [1.82, 2.24) is 5.32 Å². The monoisotopic (exact) mass is 352 g/mol. The first-order chi connectivity index (χ1) is 12.3. The number of primary amides is 1. The van der Waals surface area contributed by atoms with Crippen LogP contribution in [0.4, 0.5) is 0 Å². The second-order valence-electron chi connectivity index (χ2n) is 7.63. The zero-order chi connectivity index (χ0) is 19.2. The van der Waals surface area contributed by atoms with E-state index in [4.69, 9.17) is 5.73 Å². The lowest BCUT2D eigenvalue weighted by Gasteiger charge is -2.19. The number of aryl methyl sites for hydroxylation is 1. The molecule has 4 heteroatoms. The number of benzene rings is 2. The normalized spacial score (nSPS) is 12.4. The molecule has 0 radical (unpaired) electrons. The molecule has 0 saturated heterocycles. The van der Waals surface area contributed by atoms with E-state index in [9.17, 15) is 9.59 Å². The molecule has 2 aromatic rings. The third-order valence-electron chi connectivity index (χ3n) is 4.46. The molecule has 3 N–H and O–H groups in total. The van der Waals surface area contributed by atoms with Gasteiger partial charge in [-0.1, -0.05) is 63.2 Å². The van der Waals surface area contributed by atoms with Crippen LogP contribution in [0.5, 0.6) is 0 Å². The molecule has 0 fully saturated rings. The summed E-state index contributed by atoms with van der Waals surface area (Å²) in [5.74, 6) is -0.772. The van der Waals surface area contributed by atoms with Gasteiger partial charge in [0.25, 0.3) is 5.91 Å². The summed E-state index contributed by atoms with van der Waals surface area (Å²) in [6.45, 7) is 6.37. The van der Waals surface area contributed by atoms with E-state index < -0.39 is 11.9 Å². The minimum absolute atomic E-state index is 0.0300. The Morgan fingerprint density at radius 1 is 1.00 bits per heavy atom. The van der Waals surface area contributed by atoms with Crippen molar-refractivity contribution in [2.24, 2.45) is 5.73 Å². The Morgan fingerprint density at radius 3 is 2.15 bits per heavy atom. The molecular weight excluding hydrogens is 324 g/mol. The fourth-order valence-electron chi connectivity index (χ4n) is 2.80. The van der Waals surface area contributed by atoms with Gasteiger partial charge in [0.05, 0.1) is 0 Å². The van der Waals surface area contributed by atoms with Gasteiger partial charge < -0.3 is 11.1 Å². The van der Waals surface area contributed by atoms with Crippen LogP contribution < -0.4 is 11.1 Å². The van der Waals surface area contributed by atoms with Gasteiger partial charge in [0, 0.05) is 5.56 Å². The quantitative estimate of drug-likeness (QED) is 0.799. The molecule has 2 aromatic carbocycles. The van der Waals surface area contributed by atoms with Crippen molar-refractivity contribution in [3.05, 3.63) is 71.3 Å². The Morgan fingerprint density at radius 2 is 1.62 bits per heavy atom. The molecule has 0 unspecified atom stereocenters. The molecular formula is C22H28N2O2. The first kappa shape index (κ1) is 19.7. The average Bonchev–Trinajstić information content (AvgIpc) is 2.61. The topological polar surface area (TPSA) is 72.2 Å². The van der Waals surface area contributed by atoms with E-state index in [0.717, 1.165) is 18.4 Å². The van der Waals surface area contributed by atoms with E-state index in [-0.39, 0.29) is 11.3 Å². The summed E-state index contributed by atoms with van der Waals surface area (Å²) in [5, 5.41) is 2.76. The first-order valence-electron chi connectivity index (χ1n) is 9.02. The SMILES string of the molecule is CC(C)(C)c1ccc(C(=O)N[C@H](CCCc2ccccc2)C(N)=O)cc1. The lowest BCUT2D eigenvalue weighted by atomic mass is 9.86. The van der Waals surface area contributed by atoms with E-state index in [0.29, 0.717) is 12.0 Å². The van der Waals surface area contributed by atoms with Crippen molar-refractivity contribution in [3.63, 3.8) is 0 Å². The highest BCUT2D eigenvalue weighted by molar-refractivity contribution is 5.97. The molecule has 0 bridgehead atoms. The number of hydrogen-bond donors (Lipinski definition) is 2. The third-order valence-corrected chi connectivity index (χ3v) is 4.46. The van der Waals surface area contributed by atoms with Crippen LogP contribution in [0, 0.1) is 0 Å². The maximum atomic E-state index is 12.4.